The molecule has 1 fully saturated rings. The van der Waals surface area contributed by atoms with E-state index in [4.69, 9.17) is 32.6 Å². The molecule has 0 saturated carbocycles. The molecule has 0 bridgehead atoms. The Morgan fingerprint density at radius 3 is 2.08 bits per heavy atom. The minimum absolute atomic E-state index is 0.252. The maximum absolute atomic E-state index is 6.89. The van der Waals surface area contributed by atoms with Gasteiger partial charge in [-0.05, 0) is 92.4 Å². The number of nitrogens with zero attached hydrogens (tertiary/aromatic N) is 4. The third kappa shape index (κ3) is 9.68. The summed E-state index contributed by atoms with van der Waals surface area (Å²) in [7, 11) is -7.52. The number of imidazole rings is 1. The fourth-order valence-electron chi connectivity index (χ4n) is 4.46. The molecule has 13 heteroatoms. The van der Waals surface area contributed by atoms with E-state index in [1.165, 1.54) is 5.57 Å². The van der Waals surface area contributed by atoms with E-state index in [-0.39, 0.29) is 18.3 Å². The van der Waals surface area contributed by atoms with Gasteiger partial charge in [-0.25, -0.2) is 9.97 Å². The molecule has 1 aliphatic rings. The van der Waals surface area contributed by atoms with Crippen molar-refractivity contribution in [2.45, 2.75) is 123 Å². The SMILES string of the molecule is CC(C)=CCc1nc2c([nH]1)/c(=N/[Si](C)(C)C)ncn2C1O[C@@H](CO[Si](C)(C)C)[C@H](O[Si](C)(C)C)[C@@H]1O[Si](C)(C)C. The average molecular weight is 624 g/mol. The largest absolute Gasteiger partial charge is 0.415 e. The summed E-state index contributed by atoms with van der Waals surface area (Å²) in [4.78, 5) is 13.4. The first-order chi connectivity index (χ1) is 18.1. The van der Waals surface area contributed by atoms with E-state index < -0.39 is 39.4 Å². The summed E-state index contributed by atoms with van der Waals surface area (Å²) in [5.74, 6) is 0.874. The van der Waals surface area contributed by atoms with Crippen LogP contribution in [0.4, 0.5) is 0 Å². The normalized spacial score (nSPS) is 23.3. The molecule has 2 aromatic rings. The van der Waals surface area contributed by atoms with Crippen LogP contribution in [-0.2, 0) is 24.4 Å². The Bertz CT molecular complexity index is 1260. The Morgan fingerprint density at radius 1 is 0.950 bits per heavy atom. The Morgan fingerprint density at radius 2 is 1.55 bits per heavy atom. The molecule has 3 heterocycles. The van der Waals surface area contributed by atoms with Gasteiger partial charge >= 0.3 is 0 Å². The van der Waals surface area contributed by atoms with E-state index in [1.807, 2.05) is 10.9 Å². The lowest BCUT2D eigenvalue weighted by molar-refractivity contribution is -0.0461. The molecule has 1 aliphatic heterocycles. The lowest BCUT2D eigenvalue weighted by Crippen LogP contribution is -2.48. The van der Waals surface area contributed by atoms with Crippen molar-refractivity contribution < 1.29 is 18.0 Å². The minimum Gasteiger partial charge on any atom is -0.415 e. The third-order valence-corrected chi connectivity index (χ3v) is 9.74. The Balaban J connectivity index is 2.21. The van der Waals surface area contributed by atoms with Crippen LogP contribution in [0, 0.1) is 0 Å². The van der Waals surface area contributed by atoms with E-state index in [9.17, 15) is 0 Å². The number of aromatic amines is 1. The number of ether oxygens (including phenoxy) is 1. The zero-order valence-corrected chi connectivity index (χ0v) is 31.3. The maximum Gasteiger partial charge on any atom is 0.184 e. The quantitative estimate of drug-likeness (QED) is 0.237. The van der Waals surface area contributed by atoms with Gasteiger partial charge in [-0.1, -0.05) is 11.6 Å². The Kier molecular flexibility index (Phi) is 10.1. The van der Waals surface area contributed by atoms with Crippen molar-refractivity contribution in [2.75, 3.05) is 6.61 Å². The van der Waals surface area contributed by atoms with Crippen LogP contribution in [0.15, 0.2) is 22.6 Å². The molecule has 3 rings (SSSR count). The second-order valence-corrected chi connectivity index (χ2v) is 33.0. The highest BCUT2D eigenvalue weighted by atomic mass is 28.4. The van der Waals surface area contributed by atoms with Crippen LogP contribution in [0.25, 0.3) is 11.2 Å². The summed E-state index contributed by atoms with van der Waals surface area (Å²) in [6, 6.07) is 0. The number of hydrogen-bond acceptors (Lipinski definition) is 7. The van der Waals surface area contributed by atoms with Crippen molar-refractivity contribution in [1.29, 1.82) is 0 Å². The summed E-state index contributed by atoms with van der Waals surface area (Å²) >= 11 is 0. The first kappa shape index (κ1) is 33.3. The standard InChI is InChI=1S/C27H53N5O4Si4/c1-19(2)15-16-21-29-22-25(31-37(3,4)5)28-18-32(26(22)30-21)27-24(36-40(12,13)14)23(35-39(9,10)11)20(34-27)17-33-38(6,7)8/h15,18,20,23-24,27H,16-17H2,1-14H3,(H,29,30)/b31-25-/t20-,23-,24-,27?/m0/s1. The molecule has 1 saturated heterocycles. The number of nitrogens with one attached hydrogen (secondary N) is 1. The van der Waals surface area contributed by atoms with Crippen molar-refractivity contribution in [3.05, 3.63) is 29.3 Å². The van der Waals surface area contributed by atoms with E-state index in [2.05, 4.69) is 103 Å². The predicted octanol–water partition coefficient (Wildman–Crippen LogP) is 6.19. The molecule has 9 nitrogen and oxygen atoms in total. The number of allylic oxidation sites excluding steroid dienone is 2. The van der Waals surface area contributed by atoms with Gasteiger partial charge < -0.3 is 27.7 Å². The molecule has 226 valence electrons. The third-order valence-electron chi connectivity index (χ3n) is 5.87. The second kappa shape index (κ2) is 12.2. The van der Waals surface area contributed by atoms with Gasteiger partial charge in [-0.2, -0.15) is 0 Å². The fourth-order valence-corrected chi connectivity index (χ4v) is 8.10. The minimum atomic E-state index is -1.99. The molecular weight excluding hydrogens is 571 g/mol. The number of hydrogen-bond donors (Lipinski definition) is 1. The van der Waals surface area contributed by atoms with E-state index in [0.29, 0.717) is 18.5 Å². The van der Waals surface area contributed by atoms with Crippen LogP contribution in [0.3, 0.4) is 0 Å². The lowest BCUT2D eigenvalue weighted by atomic mass is 10.1. The van der Waals surface area contributed by atoms with Crippen molar-refractivity contribution in [3.8, 4) is 0 Å². The highest BCUT2D eigenvalue weighted by molar-refractivity contribution is 6.74. The van der Waals surface area contributed by atoms with E-state index in [0.717, 1.165) is 17.0 Å². The van der Waals surface area contributed by atoms with Gasteiger partial charge in [0, 0.05) is 6.42 Å². The number of fused-ring (bicyclic) bond motifs is 1. The molecule has 0 spiro atoms. The summed E-state index contributed by atoms with van der Waals surface area (Å²) in [5.41, 5.74) is 3.56. The van der Waals surface area contributed by atoms with Crippen LogP contribution >= 0.6 is 0 Å². The zero-order valence-electron chi connectivity index (χ0n) is 27.3. The van der Waals surface area contributed by atoms with Crippen molar-refractivity contribution in [3.63, 3.8) is 0 Å². The van der Waals surface area contributed by atoms with Crippen LogP contribution in [0.5, 0.6) is 0 Å². The zero-order chi connectivity index (χ0) is 30.3. The fraction of sp³-hybridized carbons (Fsp3) is 0.741. The summed E-state index contributed by atoms with van der Waals surface area (Å²) < 4.78 is 34.0. The molecular formula is C27H53N5O4Si4. The predicted molar refractivity (Wildman–Crippen MR) is 174 cm³/mol. The van der Waals surface area contributed by atoms with Gasteiger partial charge in [0.15, 0.2) is 50.6 Å². The molecule has 1 N–H and O–H groups in total. The van der Waals surface area contributed by atoms with E-state index in [1.54, 1.807) is 0 Å². The maximum atomic E-state index is 6.89. The molecule has 0 radical (unpaired) electrons. The number of aromatic nitrogens is 4. The van der Waals surface area contributed by atoms with Crippen LogP contribution in [-0.4, -0.2) is 77.6 Å². The molecule has 0 amide bonds. The summed E-state index contributed by atoms with van der Waals surface area (Å²) in [5, 5.41) is 0. The van der Waals surface area contributed by atoms with Gasteiger partial charge in [-0.15, -0.1) is 0 Å². The van der Waals surface area contributed by atoms with Gasteiger partial charge in [-0.3, -0.25) is 4.57 Å². The molecule has 0 aliphatic carbocycles. The molecule has 1 unspecified atom stereocenters. The molecule has 4 atom stereocenters. The van der Waals surface area contributed by atoms with Crippen molar-refractivity contribution in [1.82, 2.24) is 19.5 Å². The topological polar surface area (TPSA) is 95.8 Å². The number of rotatable bonds is 11. The highest BCUT2D eigenvalue weighted by Crippen LogP contribution is 2.38. The van der Waals surface area contributed by atoms with Gasteiger partial charge in [0.1, 0.15) is 36.0 Å². The molecule has 2 aromatic heterocycles. The van der Waals surface area contributed by atoms with E-state index >= 15 is 0 Å². The first-order valence-corrected chi connectivity index (χ1v) is 28.1. The summed E-state index contributed by atoms with van der Waals surface area (Å²) in [6.07, 6.45) is 3.42. The first-order valence-electron chi connectivity index (χ1n) is 14.4. The molecule has 0 aromatic carbocycles. The smallest absolute Gasteiger partial charge is 0.184 e. The van der Waals surface area contributed by atoms with Crippen molar-refractivity contribution >= 4 is 44.4 Å². The lowest BCUT2D eigenvalue weighted by Gasteiger charge is -2.34. The van der Waals surface area contributed by atoms with Gasteiger partial charge in [0.05, 0.1) is 6.61 Å². The summed E-state index contributed by atoms with van der Waals surface area (Å²) in [6.45, 7) is 31.2. The monoisotopic (exact) mass is 623 g/mol. The van der Waals surface area contributed by atoms with Gasteiger partial charge in [0.2, 0.25) is 0 Å². The van der Waals surface area contributed by atoms with Crippen molar-refractivity contribution in [2.24, 2.45) is 4.66 Å². The van der Waals surface area contributed by atoms with Crippen LogP contribution in [0.2, 0.25) is 78.6 Å². The van der Waals surface area contributed by atoms with Crippen LogP contribution in [0.1, 0.15) is 25.9 Å². The second-order valence-electron chi connectivity index (χ2n) is 15.0. The van der Waals surface area contributed by atoms with Crippen LogP contribution < -0.4 is 5.49 Å². The Labute approximate surface area is 245 Å². The number of H-pyrrole nitrogens is 1. The average Bonchev–Trinajstić information content (AvgIpc) is 3.30. The highest BCUT2D eigenvalue weighted by Gasteiger charge is 2.50. The Hall–Kier alpha value is -1.20. The van der Waals surface area contributed by atoms with Gasteiger partial charge in [0.25, 0.3) is 0 Å². The molecule has 40 heavy (non-hydrogen) atoms.